The second-order valence-electron chi connectivity index (χ2n) is 4.77. The van der Waals surface area contributed by atoms with E-state index >= 15 is 0 Å². The Morgan fingerprint density at radius 1 is 1.20 bits per heavy atom. The first kappa shape index (κ1) is 14.5. The molecule has 0 spiro atoms. The van der Waals surface area contributed by atoms with Gasteiger partial charge in [-0.05, 0) is 0 Å². The topological polar surface area (TPSA) is 96.7 Å². The number of anilines is 2. The van der Waals surface area contributed by atoms with Crippen molar-refractivity contribution < 1.29 is 5.11 Å². The number of rotatable bonds is 6. The summed E-state index contributed by atoms with van der Waals surface area (Å²) in [7, 11) is 0. The lowest BCUT2D eigenvalue weighted by Gasteiger charge is -2.36. The number of nitrogens with zero attached hydrogens (tertiary/aromatic N) is 3. The summed E-state index contributed by atoms with van der Waals surface area (Å²) in [4.78, 5) is 27.3. The molecule has 108 valence electrons. The van der Waals surface area contributed by atoms with Gasteiger partial charge in [0.05, 0.1) is 12.7 Å². The van der Waals surface area contributed by atoms with Crippen LogP contribution >= 0.6 is 0 Å². The molecule has 7 heteroatoms. The fraction of sp³-hybridized carbons (Fsp3) is 0.615. The molecule has 0 amide bonds. The molecule has 0 aliphatic carbocycles. The molecule has 7 nitrogen and oxygen atoms in total. The van der Waals surface area contributed by atoms with Crippen molar-refractivity contribution in [1.82, 2.24) is 4.90 Å². The predicted molar refractivity (Wildman–Crippen MR) is 75.8 cm³/mol. The molecule has 0 unspecified atom stereocenters. The van der Waals surface area contributed by atoms with Gasteiger partial charge in [-0.3, -0.25) is 14.5 Å². The van der Waals surface area contributed by atoms with Crippen molar-refractivity contribution in [2.24, 2.45) is 0 Å². The van der Waals surface area contributed by atoms with Gasteiger partial charge in [-0.25, -0.2) is 0 Å². The molecule has 1 fully saturated rings. The van der Waals surface area contributed by atoms with Crippen LogP contribution in [0.3, 0.4) is 0 Å². The molecule has 2 rings (SSSR count). The molecule has 0 aromatic heterocycles. The quantitative estimate of drug-likeness (QED) is 0.626. The normalized spacial score (nSPS) is 16.3. The van der Waals surface area contributed by atoms with Crippen molar-refractivity contribution in [2.45, 2.75) is 6.42 Å². The lowest BCUT2D eigenvalue weighted by Crippen LogP contribution is -2.51. The molecule has 1 saturated heterocycles. The smallest absolute Gasteiger partial charge is 0.253 e. The predicted octanol–water partition coefficient (Wildman–Crippen LogP) is -1.28. The molecule has 1 aromatic carbocycles. The number of nitriles is 1. The Bertz CT molecular complexity index is 563. The Morgan fingerprint density at radius 2 is 1.90 bits per heavy atom. The van der Waals surface area contributed by atoms with Crippen LogP contribution in [0.15, 0.2) is 9.59 Å². The van der Waals surface area contributed by atoms with E-state index in [1.807, 2.05) is 4.90 Å². The van der Waals surface area contributed by atoms with E-state index in [1.165, 1.54) is 0 Å². The second-order valence-corrected chi connectivity index (χ2v) is 4.77. The number of aliphatic hydroxyl groups is 1. The third-order valence-electron chi connectivity index (χ3n) is 3.53. The van der Waals surface area contributed by atoms with E-state index in [9.17, 15) is 9.59 Å². The van der Waals surface area contributed by atoms with Crippen molar-refractivity contribution in [2.75, 3.05) is 56.1 Å². The average molecular weight is 278 g/mol. The van der Waals surface area contributed by atoms with E-state index in [2.05, 4.69) is 16.3 Å². The zero-order valence-corrected chi connectivity index (χ0v) is 11.3. The van der Waals surface area contributed by atoms with Crippen LogP contribution in [-0.4, -0.2) is 55.9 Å². The standard InChI is InChI=1S/C13H18N4O3/c14-2-1-4-16-5-7-17(8-6-16)11-10(15-3-9-18)12(19)13(11)20/h15,18H,1,3-9H2. The third kappa shape index (κ3) is 2.81. The Balaban J connectivity index is 1.97. The highest BCUT2D eigenvalue weighted by Crippen LogP contribution is 2.21. The molecule has 1 heterocycles. The summed E-state index contributed by atoms with van der Waals surface area (Å²) in [6.07, 6.45) is 0.503. The van der Waals surface area contributed by atoms with Gasteiger partial charge in [0.15, 0.2) is 0 Å². The molecular weight excluding hydrogens is 260 g/mol. The van der Waals surface area contributed by atoms with Crippen molar-refractivity contribution >= 4 is 11.4 Å². The van der Waals surface area contributed by atoms with Crippen LogP contribution in [0.1, 0.15) is 6.42 Å². The van der Waals surface area contributed by atoms with Gasteiger partial charge in [-0.1, -0.05) is 0 Å². The second kappa shape index (κ2) is 6.50. The monoisotopic (exact) mass is 278 g/mol. The lowest BCUT2D eigenvalue weighted by molar-refractivity contribution is 0.263. The summed E-state index contributed by atoms with van der Waals surface area (Å²) in [6, 6.07) is 2.12. The zero-order chi connectivity index (χ0) is 14.5. The number of aliphatic hydroxyl groups excluding tert-OH is 1. The van der Waals surface area contributed by atoms with E-state index in [1.54, 1.807) is 0 Å². The van der Waals surface area contributed by atoms with Gasteiger partial charge in [0.25, 0.3) is 10.9 Å². The fourth-order valence-corrected chi connectivity index (χ4v) is 2.43. The minimum Gasteiger partial charge on any atom is -0.395 e. The van der Waals surface area contributed by atoms with Crippen LogP contribution in [0.25, 0.3) is 0 Å². The Labute approximate surface area is 116 Å². The van der Waals surface area contributed by atoms with Crippen molar-refractivity contribution in [3.63, 3.8) is 0 Å². The molecule has 20 heavy (non-hydrogen) atoms. The first-order valence-electron chi connectivity index (χ1n) is 6.71. The van der Waals surface area contributed by atoms with E-state index < -0.39 is 10.9 Å². The maximum atomic E-state index is 11.7. The van der Waals surface area contributed by atoms with Gasteiger partial charge in [-0.2, -0.15) is 5.26 Å². The highest BCUT2D eigenvalue weighted by molar-refractivity contribution is 5.75. The SMILES string of the molecule is N#CCCN1CCN(c2c(NCCO)c(=O)c2=O)CC1. The molecule has 0 atom stereocenters. The summed E-state index contributed by atoms with van der Waals surface area (Å²) in [5.74, 6) is 0. The molecule has 1 aliphatic heterocycles. The van der Waals surface area contributed by atoms with Gasteiger partial charge in [-0.15, -0.1) is 0 Å². The highest BCUT2D eigenvalue weighted by Gasteiger charge is 2.28. The molecule has 0 radical (unpaired) electrons. The summed E-state index contributed by atoms with van der Waals surface area (Å²) in [6.45, 7) is 3.82. The first-order chi connectivity index (χ1) is 9.69. The third-order valence-corrected chi connectivity index (χ3v) is 3.53. The Morgan fingerprint density at radius 3 is 2.50 bits per heavy atom. The largest absolute Gasteiger partial charge is 0.395 e. The van der Waals surface area contributed by atoms with Crippen LogP contribution in [0.4, 0.5) is 11.4 Å². The van der Waals surface area contributed by atoms with Crippen LogP contribution in [0.2, 0.25) is 0 Å². The van der Waals surface area contributed by atoms with Gasteiger partial charge in [0.2, 0.25) is 0 Å². The zero-order valence-electron chi connectivity index (χ0n) is 11.3. The van der Waals surface area contributed by atoms with E-state index in [4.69, 9.17) is 10.4 Å². The lowest BCUT2D eigenvalue weighted by atomic mass is 10.1. The molecule has 0 bridgehead atoms. The molecule has 2 N–H and O–H groups in total. The van der Waals surface area contributed by atoms with Gasteiger partial charge in [0.1, 0.15) is 11.4 Å². The van der Waals surface area contributed by atoms with E-state index in [0.29, 0.717) is 30.9 Å². The highest BCUT2D eigenvalue weighted by atomic mass is 16.3. The number of piperazine rings is 1. The maximum Gasteiger partial charge on any atom is 0.253 e. The van der Waals surface area contributed by atoms with Crippen LogP contribution < -0.4 is 21.1 Å². The minimum atomic E-state index is -0.500. The van der Waals surface area contributed by atoms with E-state index in [0.717, 1.165) is 19.6 Å². The van der Waals surface area contributed by atoms with Crippen LogP contribution in [0.5, 0.6) is 0 Å². The van der Waals surface area contributed by atoms with Crippen LogP contribution in [-0.2, 0) is 0 Å². The van der Waals surface area contributed by atoms with E-state index in [-0.39, 0.29) is 13.2 Å². The first-order valence-corrected chi connectivity index (χ1v) is 6.71. The Kier molecular flexibility index (Phi) is 4.71. The summed E-state index contributed by atoms with van der Waals surface area (Å²) < 4.78 is 0. The average Bonchev–Trinajstić information content (AvgIpc) is 2.49. The molecule has 1 aromatic rings. The fourth-order valence-electron chi connectivity index (χ4n) is 2.43. The number of nitrogens with one attached hydrogen (secondary N) is 1. The molecule has 1 aliphatic rings. The number of hydrogen-bond acceptors (Lipinski definition) is 7. The maximum absolute atomic E-state index is 11.7. The van der Waals surface area contributed by atoms with Crippen molar-refractivity contribution in [1.29, 1.82) is 5.26 Å². The number of hydrogen-bond donors (Lipinski definition) is 2. The summed E-state index contributed by atoms with van der Waals surface area (Å²) >= 11 is 0. The van der Waals surface area contributed by atoms with Crippen LogP contribution in [0, 0.1) is 11.3 Å². The van der Waals surface area contributed by atoms with Gasteiger partial charge >= 0.3 is 0 Å². The summed E-state index contributed by atoms with van der Waals surface area (Å²) in [5.41, 5.74) is -0.172. The Hall–Kier alpha value is -1.91. The molecular formula is C13H18N4O3. The van der Waals surface area contributed by atoms with Gasteiger partial charge in [0, 0.05) is 45.7 Å². The summed E-state index contributed by atoms with van der Waals surface area (Å²) in [5, 5.41) is 20.1. The minimum absolute atomic E-state index is 0.0831. The van der Waals surface area contributed by atoms with Crippen molar-refractivity contribution in [3.8, 4) is 6.07 Å². The van der Waals surface area contributed by atoms with Gasteiger partial charge < -0.3 is 15.3 Å². The molecule has 0 saturated carbocycles. The van der Waals surface area contributed by atoms with Crippen molar-refractivity contribution in [3.05, 3.63) is 20.4 Å².